The third-order valence-electron chi connectivity index (χ3n) is 3.15. The molecule has 0 spiro atoms. The summed E-state index contributed by atoms with van der Waals surface area (Å²) in [5.41, 5.74) is 2.48. The van der Waals surface area contributed by atoms with Gasteiger partial charge in [-0.1, -0.05) is 29.8 Å². The van der Waals surface area contributed by atoms with E-state index in [1.807, 2.05) is 6.07 Å². The molecular weight excluding hydrogens is 326 g/mol. The molecule has 3 rings (SSSR count). The fourth-order valence-electron chi connectivity index (χ4n) is 2.28. The van der Waals surface area contributed by atoms with E-state index in [2.05, 4.69) is 55.4 Å². The van der Waals surface area contributed by atoms with Crippen LogP contribution in [0.1, 0.15) is 5.56 Å². The Morgan fingerprint density at radius 3 is 3.00 bits per heavy atom. The average molecular weight is 339 g/mol. The van der Waals surface area contributed by atoms with E-state index >= 15 is 0 Å². The maximum absolute atomic E-state index is 5.96. The largest absolute Gasteiger partial charge is 0.324 e. The molecule has 19 heavy (non-hydrogen) atoms. The Labute approximate surface area is 125 Å². The third-order valence-corrected chi connectivity index (χ3v) is 3.94. The number of anilines is 2. The van der Waals surface area contributed by atoms with Crippen molar-refractivity contribution >= 4 is 39.0 Å². The van der Waals surface area contributed by atoms with Gasteiger partial charge >= 0.3 is 0 Å². The number of rotatable bonds is 1. The number of hydrogen-bond donors (Lipinski definition) is 1. The topological polar surface area (TPSA) is 28.2 Å². The van der Waals surface area contributed by atoms with Gasteiger partial charge in [-0.3, -0.25) is 0 Å². The number of halogens is 2. The first-order valence-electron chi connectivity index (χ1n) is 6.13. The molecule has 0 saturated carbocycles. The van der Waals surface area contributed by atoms with Crippen molar-refractivity contribution in [1.29, 1.82) is 0 Å². The predicted molar refractivity (Wildman–Crippen MR) is 82.1 cm³/mol. The fraction of sp³-hybridized carbons (Fsp3) is 0.214. The predicted octanol–water partition coefficient (Wildman–Crippen LogP) is 3.74. The number of nitrogens with zero attached hydrogens (tertiary/aromatic N) is 2. The summed E-state index contributed by atoms with van der Waals surface area (Å²) in [6.07, 6.45) is 1.68. The van der Waals surface area contributed by atoms with Crippen LogP contribution in [-0.2, 0) is 6.54 Å². The molecule has 1 N–H and O–H groups in total. The lowest BCUT2D eigenvalue weighted by Gasteiger charge is -2.24. The van der Waals surface area contributed by atoms with E-state index < -0.39 is 0 Å². The summed E-state index contributed by atoms with van der Waals surface area (Å²) in [6, 6.07) is 10.3. The van der Waals surface area contributed by atoms with E-state index in [-0.39, 0.29) is 0 Å². The molecule has 1 aliphatic rings. The van der Waals surface area contributed by atoms with Crippen molar-refractivity contribution in [3.05, 3.63) is 51.6 Å². The summed E-state index contributed by atoms with van der Waals surface area (Å²) >= 11 is 9.52. The number of benzene rings is 1. The van der Waals surface area contributed by atoms with Crippen LogP contribution in [0.2, 0.25) is 5.02 Å². The number of fused-ring (bicyclic) bond motifs is 1. The van der Waals surface area contributed by atoms with E-state index in [1.165, 1.54) is 11.3 Å². The SMILES string of the molecule is Clc1cnc(N2CCNCc3ccccc32)c(Br)c1. The number of aromatic nitrogens is 1. The maximum Gasteiger partial charge on any atom is 0.147 e. The molecule has 0 unspecified atom stereocenters. The second-order valence-electron chi connectivity index (χ2n) is 4.42. The van der Waals surface area contributed by atoms with Crippen LogP contribution < -0.4 is 10.2 Å². The van der Waals surface area contributed by atoms with Gasteiger partial charge in [0, 0.05) is 31.5 Å². The zero-order valence-electron chi connectivity index (χ0n) is 10.2. The van der Waals surface area contributed by atoms with Crippen molar-refractivity contribution in [1.82, 2.24) is 10.3 Å². The maximum atomic E-state index is 5.96. The molecule has 1 aromatic heterocycles. The molecule has 0 atom stereocenters. The second-order valence-corrected chi connectivity index (χ2v) is 5.71. The van der Waals surface area contributed by atoms with E-state index in [0.29, 0.717) is 5.02 Å². The van der Waals surface area contributed by atoms with Gasteiger partial charge in [-0.15, -0.1) is 0 Å². The highest BCUT2D eigenvalue weighted by Gasteiger charge is 2.19. The van der Waals surface area contributed by atoms with Gasteiger partial charge in [0.05, 0.1) is 9.50 Å². The molecule has 2 aromatic rings. The van der Waals surface area contributed by atoms with Crippen LogP contribution >= 0.6 is 27.5 Å². The summed E-state index contributed by atoms with van der Waals surface area (Å²) in [7, 11) is 0. The first kappa shape index (κ1) is 12.9. The van der Waals surface area contributed by atoms with Crippen molar-refractivity contribution in [3.63, 3.8) is 0 Å². The minimum absolute atomic E-state index is 0.636. The highest BCUT2D eigenvalue weighted by Crippen LogP contribution is 2.34. The van der Waals surface area contributed by atoms with Crippen molar-refractivity contribution in [2.75, 3.05) is 18.0 Å². The molecule has 0 bridgehead atoms. The Balaban J connectivity index is 2.09. The van der Waals surface area contributed by atoms with E-state index in [4.69, 9.17) is 11.6 Å². The van der Waals surface area contributed by atoms with Gasteiger partial charge in [-0.05, 0) is 33.6 Å². The van der Waals surface area contributed by atoms with Crippen molar-refractivity contribution in [2.24, 2.45) is 0 Å². The smallest absolute Gasteiger partial charge is 0.147 e. The summed E-state index contributed by atoms with van der Waals surface area (Å²) in [5.74, 6) is 0.903. The Morgan fingerprint density at radius 1 is 1.32 bits per heavy atom. The zero-order valence-corrected chi connectivity index (χ0v) is 12.6. The van der Waals surface area contributed by atoms with Gasteiger partial charge in [-0.25, -0.2) is 4.98 Å². The summed E-state index contributed by atoms with van der Waals surface area (Å²) in [4.78, 5) is 6.68. The molecule has 1 aromatic carbocycles. The molecular formula is C14H13BrClN3. The zero-order chi connectivity index (χ0) is 13.2. The van der Waals surface area contributed by atoms with Gasteiger partial charge in [0.2, 0.25) is 0 Å². The monoisotopic (exact) mass is 337 g/mol. The van der Waals surface area contributed by atoms with Crippen LogP contribution in [0.15, 0.2) is 41.0 Å². The van der Waals surface area contributed by atoms with Crippen LogP contribution in [0.25, 0.3) is 0 Å². The van der Waals surface area contributed by atoms with E-state index in [9.17, 15) is 0 Å². The van der Waals surface area contributed by atoms with Gasteiger partial charge in [-0.2, -0.15) is 0 Å². The average Bonchev–Trinajstić information content (AvgIpc) is 2.61. The van der Waals surface area contributed by atoms with Gasteiger partial charge < -0.3 is 10.2 Å². The lowest BCUT2D eigenvalue weighted by Crippen LogP contribution is -2.25. The van der Waals surface area contributed by atoms with Crippen LogP contribution in [-0.4, -0.2) is 18.1 Å². The van der Waals surface area contributed by atoms with Crippen LogP contribution in [0.3, 0.4) is 0 Å². The lowest BCUT2D eigenvalue weighted by atomic mass is 10.1. The van der Waals surface area contributed by atoms with Crippen LogP contribution in [0.4, 0.5) is 11.5 Å². The van der Waals surface area contributed by atoms with Crippen LogP contribution in [0, 0.1) is 0 Å². The quantitative estimate of drug-likeness (QED) is 0.858. The Kier molecular flexibility index (Phi) is 3.73. The summed E-state index contributed by atoms with van der Waals surface area (Å²) in [6.45, 7) is 2.69. The van der Waals surface area contributed by atoms with Crippen molar-refractivity contribution < 1.29 is 0 Å². The standard InChI is InChI=1S/C14H13BrClN3/c15-12-7-11(16)9-18-14(12)19-6-5-17-8-10-3-1-2-4-13(10)19/h1-4,7,9,17H,5-6,8H2. The van der Waals surface area contributed by atoms with Gasteiger partial charge in [0.15, 0.2) is 0 Å². The molecule has 1 aliphatic heterocycles. The molecule has 3 nitrogen and oxygen atoms in total. The second kappa shape index (κ2) is 5.49. The third kappa shape index (κ3) is 2.61. The number of hydrogen-bond acceptors (Lipinski definition) is 3. The summed E-state index contributed by atoms with van der Waals surface area (Å²) in [5, 5.41) is 4.06. The van der Waals surface area contributed by atoms with Gasteiger partial charge in [0.25, 0.3) is 0 Å². The fourth-order valence-corrected chi connectivity index (χ4v) is 3.14. The van der Waals surface area contributed by atoms with E-state index in [1.54, 1.807) is 6.20 Å². The molecule has 98 valence electrons. The van der Waals surface area contributed by atoms with E-state index in [0.717, 1.165) is 29.9 Å². The minimum Gasteiger partial charge on any atom is -0.324 e. The first-order valence-corrected chi connectivity index (χ1v) is 7.30. The Bertz CT molecular complexity index is 603. The molecule has 5 heteroatoms. The summed E-state index contributed by atoms with van der Waals surface area (Å²) < 4.78 is 0.914. The number of para-hydroxylation sites is 1. The van der Waals surface area contributed by atoms with Crippen molar-refractivity contribution in [3.8, 4) is 0 Å². The highest BCUT2D eigenvalue weighted by molar-refractivity contribution is 9.10. The lowest BCUT2D eigenvalue weighted by molar-refractivity contribution is 0.711. The van der Waals surface area contributed by atoms with Crippen LogP contribution in [0.5, 0.6) is 0 Å². The number of nitrogens with one attached hydrogen (secondary N) is 1. The molecule has 0 saturated heterocycles. The highest BCUT2D eigenvalue weighted by atomic mass is 79.9. The Hall–Kier alpha value is -1.10. The van der Waals surface area contributed by atoms with Crippen molar-refractivity contribution in [2.45, 2.75) is 6.54 Å². The Morgan fingerprint density at radius 2 is 2.16 bits per heavy atom. The van der Waals surface area contributed by atoms with Gasteiger partial charge in [0.1, 0.15) is 5.82 Å². The first-order chi connectivity index (χ1) is 9.25. The molecule has 0 amide bonds. The molecule has 2 heterocycles. The molecule has 0 fully saturated rings. The minimum atomic E-state index is 0.636. The molecule has 0 aliphatic carbocycles. The number of pyridine rings is 1. The molecule has 0 radical (unpaired) electrons. The normalized spacial score (nSPS) is 14.9.